The first-order valence-corrected chi connectivity index (χ1v) is 15.8. The average Bonchev–Trinajstić information content (AvgIpc) is 3.30. The number of aryl methyl sites for hydroxylation is 1. The van der Waals surface area contributed by atoms with E-state index in [0.29, 0.717) is 22.3 Å². The number of halogens is 2. The van der Waals surface area contributed by atoms with Crippen molar-refractivity contribution in [2.24, 2.45) is 0 Å². The van der Waals surface area contributed by atoms with Crippen molar-refractivity contribution in [3.8, 4) is 11.4 Å². The predicted molar refractivity (Wildman–Crippen MR) is 162 cm³/mol. The maximum absolute atomic E-state index is 11.3. The molecule has 0 saturated carbocycles. The molecule has 0 fully saturated rings. The Bertz CT molecular complexity index is 1480. The highest BCUT2D eigenvalue weighted by Crippen LogP contribution is 2.60. The van der Waals surface area contributed by atoms with Crippen LogP contribution in [0.5, 0.6) is 5.75 Å². The molecule has 206 valence electrons. The van der Waals surface area contributed by atoms with Crippen LogP contribution in [0.15, 0.2) is 76.7 Å². The first-order chi connectivity index (χ1) is 18.5. The molecule has 1 atom stereocenters. The summed E-state index contributed by atoms with van der Waals surface area (Å²) < 4.78 is 8.11. The molecule has 3 aromatic carbocycles. The minimum atomic E-state index is -1.36. The number of benzene rings is 3. The SMILES string of the molecule is CCS(C)(c1cccc(CC(=O)O)c1)c1ccc(OCc2c(C(C)C)cnn2-c2c(Cl)cccc2Cl)cc1C. The molecule has 0 amide bonds. The number of nitrogens with zero attached hydrogens (tertiary/aromatic N) is 2. The van der Waals surface area contributed by atoms with Gasteiger partial charge in [0, 0.05) is 0 Å². The van der Waals surface area contributed by atoms with Crippen LogP contribution in [0.2, 0.25) is 10.0 Å². The fraction of sp³-hybridized carbons (Fsp3) is 0.290. The molecule has 0 spiro atoms. The zero-order chi connectivity index (χ0) is 28.3. The Labute approximate surface area is 242 Å². The fourth-order valence-electron chi connectivity index (χ4n) is 4.83. The number of hydrogen-bond acceptors (Lipinski definition) is 3. The van der Waals surface area contributed by atoms with E-state index in [9.17, 15) is 9.90 Å². The van der Waals surface area contributed by atoms with E-state index in [1.807, 2.05) is 36.5 Å². The van der Waals surface area contributed by atoms with Gasteiger partial charge in [-0.25, -0.2) is 4.68 Å². The van der Waals surface area contributed by atoms with Gasteiger partial charge in [0.05, 0.1) is 28.4 Å². The van der Waals surface area contributed by atoms with Crippen molar-refractivity contribution in [2.75, 3.05) is 12.0 Å². The number of hydrogen-bond donors (Lipinski definition) is 1. The maximum atomic E-state index is 11.3. The Morgan fingerprint density at radius 2 is 1.77 bits per heavy atom. The van der Waals surface area contributed by atoms with Crippen molar-refractivity contribution >= 4 is 39.2 Å². The highest BCUT2D eigenvalue weighted by Gasteiger charge is 2.25. The molecule has 0 saturated heterocycles. The largest absolute Gasteiger partial charge is 0.487 e. The van der Waals surface area contributed by atoms with Crippen molar-refractivity contribution < 1.29 is 14.6 Å². The van der Waals surface area contributed by atoms with E-state index >= 15 is 0 Å². The van der Waals surface area contributed by atoms with Gasteiger partial charge in [-0.3, -0.25) is 4.79 Å². The molecule has 1 aromatic heterocycles. The zero-order valence-corrected chi connectivity index (χ0v) is 25.2. The summed E-state index contributed by atoms with van der Waals surface area (Å²) in [7, 11) is -1.36. The van der Waals surface area contributed by atoms with E-state index in [1.165, 1.54) is 9.79 Å². The monoisotopic (exact) mass is 584 g/mol. The van der Waals surface area contributed by atoms with Crippen molar-refractivity contribution in [1.82, 2.24) is 9.78 Å². The Morgan fingerprint density at radius 3 is 2.38 bits per heavy atom. The van der Waals surface area contributed by atoms with Crippen molar-refractivity contribution in [1.29, 1.82) is 0 Å². The third kappa shape index (κ3) is 6.13. The molecule has 39 heavy (non-hydrogen) atoms. The van der Waals surface area contributed by atoms with E-state index in [2.05, 4.69) is 57.2 Å². The molecule has 0 aliphatic rings. The molecule has 1 N–H and O–H groups in total. The third-order valence-corrected chi connectivity index (χ3v) is 11.5. The summed E-state index contributed by atoms with van der Waals surface area (Å²) in [6, 6.07) is 19.7. The van der Waals surface area contributed by atoms with Gasteiger partial charge in [0.25, 0.3) is 0 Å². The van der Waals surface area contributed by atoms with E-state index in [0.717, 1.165) is 33.9 Å². The second-order valence-electron chi connectivity index (χ2n) is 9.99. The summed E-state index contributed by atoms with van der Waals surface area (Å²) in [4.78, 5) is 13.7. The lowest BCUT2D eigenvalue weighted by atomic mass is 10.0. The molecule has 8 heteroatoms. The normalized spacial score (nSPS) is 13.7. The Hall–Kier alpha value is -2.93. The summed E-state index contributed by atoms with van der Waals surface area (Å²) in [6.07, 6.45) is 4.16. The molecule has 1 heterocycles. The molecule has 4 aromatic rings. The fourth-order valence-corrected chi connectivity index (χ4v) is 8.21. The molecule has 0 aliphatic carbocycles. The van der Waals surface area contributed by atoms with Crippen molar-refractivity contribution in [3.05, 3.63) is 99.3 Å². The first-order valence-electron chi connectivity index (χ1n) is 12.9. The molecule has 4 rings (SSSR count). The highest BCUT2D eigenvalue weighted by atomic mass is 35.5. The molecule has 1 unspecified atom stereocenters. The second kappa shape index (κ2) is 12.1. The highest BCUT2D eigenvalue weighted by molar-refractivity contribution is 8.33. The topological polar surface area (TPSA) is 64.3 Å². The lowest BCUT2D eigenvalue weighted by Crippen LogP contribution is -2.10. The summed E-state index contributed by atoms with van der Waals surface area (Å²) in [5, 5.41) is 14.9. The van der Waals surface area contributed by atoms with Crippen LogP contribution < -0.4 is 4.74 Å². The van der Waals surface area contributed by atoms with Crippen LogP contribution in [-0.4, -0.2) is 32.9 Å². The Balaban J connectivity index is 1.64. The van der Waals surface area contributed by atoms with Gasteiger partial charge < -0.3 is 9.84 Å². The summed E-state index contributed by atoms with van der Waals surface area (Å²) >= 11 is 13.0. The maximum Gasteiger partial charge on any atom is 0.307 e. The Morgan fingerprint density at radius 1 is 1.08 bits per heavy atom. The van der Waals surface area contributed by atoms with Gasteiger partial charge in [-0.05, 0) is 93.8 Å². The number of aromatic nitrogens is 2. The van der Waals surface area contributed by atoms with Gasteiger partial charge >= 0.3 is 5.97 Å². The number of carbonyl (C=O) groups is 1. The van der Waals surface area contributed by atoms with E-state index in [-0.39, 0.29) is 12.3 Å². The van der Waals surface area contributed by atoms with Gasteiger partial charge in [-0.2, -0.15) is 15.1 Å². The van der Waals surface area contributed by atoms with Crippen LogP contribution in [0.3, 0.4) is 0 Å². The van der Waals surface area contributed by atoms with Crippen LogP contribution >= 0.6 is 33.2 Å². The lowest BCUT2D eigenvalue weighted by Gasteiger charge is -2.37. The minimum absolute atomic E-state index is 0.0210. The van der Waals surface area contributed by atoms with Gasteiger partial charge in [0.15, 0.2) is 0 Å². The lowest BCUT2D eigenvalue weighted by molar-refractivity contribution is -0.136. The zero-order valence-electron chi connectivity index (χ0n) is 22.9. The summed E-state index contributed by atoms with van der Waals surface area (Å²) in [5.74, 6) is 1.13. The third-order valence-electron chi connectivity index (χ3n) is 7.03. The molecular formula is C31H34Cl2N2O3S. The number of carboxylic acid groups (broad SMARTS) is 1. The minimum Gasteiger partial charge on any atom is -0.487 e. The quantitative estimate of drug-likeness (QED) is 0.202. The van der Waals surface area contributed by atoms with Gasteiger partial charge in [-0.1, -0.05) is 62.2 Å². The van der Waals surface area contributed by atoms with Gasteiger partial charge in [0.1, 0.15) is 18.0 Å². The number of para-hydroxylation sites is 1. The average molecular weight is 586 g/mol. The number of ether oxygens (including phenoxy) is 1. The van der Waals surface area contributed by atoms with E-state index in [1.54, 1.807) is 16.8 Å². The van der Waals surface area contributed by atoms with Crippen molar-refractivity contribution in [2.45, 2.75) is 56.4 Å². The second-order valence-corrected chi connectivity index (χ2v) is 14.5. The Kier molecular flexibility index (Phi) is 9.00. The molecule has 5 nitrogen and oxygen atoms in total. The standard InChI is InChI=1S/C31H34Cl2N2O3S/c1-6-39(5,24-10-7-9-22(16-24)17-30(36)37)29-14-13-23(15-21(29)4)38-19-28-25(20(2)3)18-34-35(28)31-26(32)11-8-12-27(31)33/h7-16,18,20H,6,17,19H2,1-5H3,(H,36,37). The van der Waals surface area contributed by atoms with E-state index < -0.39 is 16.0 Å². The van der Waals surface area contributed by atoms with Gasteiger partial charge in [0.2, 0.25) is 0 Å². The van der Waals surface area contributed by atoms with Crippen LogP contribution in [-0.2, 0) is 17.8 Å². The van der Waals surface area contributed by atoms with Crippen molar-refractivity contribution in [3.63, 3.8) is 0 Å². The van der Waals surface area contributed by atoms with Gasteiger partial charge in [-0.15, -0.1) is 0 Å². The smallest absolute Gasteiger partial charge is 0.307 e. The van der Waals surface area contributed by atoms with Crippen LogP contribution in [0.25, 0.3) is 5.69 Å². The first kappa shape index (κ1) is 29.1. The number of aliphatic carboxylic acids is 1. The van der Waals surface area contributed by atoms with Crippen LogP contribution in [0.1, 0.15) is 49.1 Å². The predicted octanol–water partition coefficient (Wildman–Crippen LogP) is 8.69. The molecule has 0 aliphatic heterocycles. The number of carboxylic acids is 1. The molecule has 0 bridgehead atoms. The summed E-state index contributed by atoms with van der Waals surface area (Å²) in [5.41, 5.74) is 4.58. The number of rotatable bonds is 10. The summed E-state index contributed by atoms with van der Waals surface area (Å²) in [6.45, 7) is 8.85. The van der Waals surface area contributed by atoms with Crippen LogP contribution in [0, 0.1) is 6.92 Å². The molecular weight excluding hydrogens is 551 g/mol. The van der Waals surface area contributed by atoms with Crippen LogP contribution in [0.4, 0.5) is 0 Å². The molecule has 0 radical (unpaired) electrons. The van der Waals surface area contributed by atoms with E-state index in [4.69, 9.17) is 27.9 Å².